The Morgan fingerprint density at radius 1 is 1.40 bits per heavy atom. The zero-order chi connectivity index (χ0) is 15.0. The molecule has 2 N–H and O–H groups in total. The van der Waals surface area contributed by atoms with Gasteiger partial charge in [0.15, 0.2) is 0 Å². The van der Waals surface area contributed by atoms with Crippen molar-refractivity contribution in [1.82, 2.24) is 10.6 Å². The molecule has 1 aromatic rings. The van der Waals surface area contributed by atoms with Gasteiger partial charge in [-0.25, -0.2) is 0 Å². The maximum absolute atomic E-state index is 11.7. The first-order valence-electron chi connectivity index (χ1n) is 6.42. The van der Waals surface area contributed by atoms with E-state index in [1.807, 2.05) is 31.2 Å². The minimum atomic E-state index is -0.505. The van der Waals surface area contributed by atoms with Crippen molar-refractivity contribution in [3.05, 3.63) is 34.9 Å². The minimum absolute atomic E-state index is 0.143. The fourth-order valence-corrected chi connectivity index (χ4v) is 2.56. The van der Waals surface area contributed by atoms with Crippen molar-refractivity contribution in [2.75, 3.05) is 12.3 Å². The van der Waals surface area contributed by atoms with Crippen LogP contribution in [0.15, 0.2) is 24.3 Å². The van der Waals surface area contributed by atoms with Crippen LogP contribution in [0.1, 0.15) is 19.4 Å². The van der Waals surface area contributed by atoms with Crippen LogP contribution in [0.5, 0.6) is 0 Å². The van der Waals surface area contributed by atoms with E-state index in [4.69, 9.17) is 11.6 Å². The number of halogens is 1. The van der Waals surface area contributed by atoms with E-state index in [1.165, 1.54) is 11.8 Å². The smallest absolute Gasteiger partial charge is 0.242 e. The summed E-state index contributed by atoms with van der Waals surface area (Å²) in [6, 6.07) is 7.04. The highest BCUT2D eigenvalue weighted by Crippen LogP contribution is 2.16. The van der Waals surface area contributed by atoms with Crippen molar-refractivity contribution in [2.45, 2.75) is 25.6 Å². The molecule has 0 aliphatic rings. The lowest BCUT2D eigenvalue weighted by Gasteiger charge is -2.13. The number of carbonyl (C=O) groups excluding carboxylic acids is 2. The number of nitrogens with one attached hydrogen (secondary N) is 2. The number of hydrogen-bond donors (Lipinski definition) is 2. The van der Waals surface area contributed by atoms with Crippen LogP contribution in [0.2, 0.25) is 5.02 Å². The van der Waals surface area contributed by atoms with Crippen LogP contribution in [-0.4, -0.2) is 30.2 Å². The van der Waals surface area contributed by atoms with Crippen molar-refractivity contribution in [1.29, 1.82) is 0 Å². The summed E-state index contributed by atoms with van der Waals surface area (Å²) in [6.45, 7) is 4.07. The van der Waals surface area contributed by atoms with Crippen LogP contribution < -0.4 is 10.6 Å². The summed E-state index contributed by atoms with van der Waals surface area (Å²) in [5, 5.41) is 6.02. The molecule has 1 rings (SSSR count). The molecule has 0 heterocycles. The number of rotatable bonds is 7. The van der Waals surface area contributed by atoms with Gasteiger partial charge in [-0.05, 0) is 31.5 Å². The minimum Gasteiger partial charge on any atom is -0.355 e. The van der Waals surface area contributed by atoms with Crippen LogP contribution >= 0.6 is 23.4 Å². The molecule has 0 aliphatic carbocycles. The lowest BCUT2D eigenvalue weighted by molar-refractivity contribution is -0.127. The molecule has 0 aromatic heterocycles. The van der Waals surface area contributed by atoms with E-state index in [9.17, 15) is 9.59 Å². The van der Waals surface area contributed by atoms with E-state index in [1.54, 1.807) is 6.92 Å². The zero-order valence-corrected chi connectivity index (χ0v) is 13.2. The third-order valence-electron chi connectivity index (χ3n) is 2.51. The highest BCUT2D eigenvalue weighted by Gasteiger charge is 2.14. The molecule has 0 bridgehead atoms. The average Bonchev–Trinajstić information content (AvgIpc) is 2.39. The van der Waals surface area contributed by atoms with E-state index in [2.05, 4.69) is 10.6 Å². The van der Waals surface area contributed by atoms with E-state index in [0.717, 1.165) is 5.56 Å². The SMILES string of the molecule is CCNC(=O)[C@@H](C)NC(=O)CSCc1cccc(Cl)c1. The van der Waals surface area contributed by atoms with Crippen molar-refractivity contribution in [2.24, 2.45) is 0 Å². The van der Waals surface area contributed by atoms with Gasteiger partial charge in [0.05, 0.1) is 5.75 Å². The van der Waals surface area contributed by atoms with Gasteiger partial charge in [0.2, 0.25) is 11.8 Å². The third kappa shape index (κ3) is 6.30. The number of carbonyl (C=O) groups is 2. The predicted molar refractivity (Wildman–Crippen MR) is 83.9 cm³/mol. The van der Waals surface area contributed by atoms with E-state index >= 15 is 0 Å². The molecule has 0 aliphatic heterocycles. The van der Waals surface area contributed by atoms with Gasteiger partial charge in [-0.1, -0.05) is 23.7 Å². The molecule has 0 radical (unpaired) electrons. The van der Waals surface area contributed by atoms with Gasteiger partial charge >= 0.3 is 0 Å². The number of benzene rings is 1. The molecule has 0 fully saturated rings. The summed E-state index contributed by atoms with van der Waals surface area (Å²) in [5.74, 6) is 0.719. The van der Waals surface area contributed by atoms with Gasteiger partial charge in [0.1, 0.15) is 6.04 Å². The number of likely N-dealkylation sites (N-methyl/N-ethyl adjacent to an activating group) is 1. The lowest BCUT2D eigenvalue weighted by atomic mass is 10.2. The first kappa shape index (κ1) is 16.9. The predicted octanol–water partition coefficient (Wildman–Crippen LogP) is 2.21. The molecular formula is C14H19ClN2O2S. The molecule has 110 valence electrons. The Morgan fingerprint density at radius 2 is 2.15 bits per heavy atom. The summed E-state index contributed by atoms with van der Waals surface area (Å²) in [6.07, 6.45) is 0. The largest absolute Gasteiger partial charge is 0.355 e. The van der Waals surface area contributed by atoms with Crippen LogP contribution in [-0.2, 0) is 15.3 Å². The molecule has 1 atom stereocenters. The number of thioether (sulfide) groups is 1. The molecule has 6 heteroatoms. The molecule has 20 heavy (non-hydrogen) atoms. The Kier molecular flexibility index (Phi) is 7.47. The molecule has 2 amide bonds. The Morgan fingerprint density at radius 3 is 2.80 bits per heavy atom. The number of amides is 2. The summed E-state index contributed by atoms with van der Waals surface area (Å²) < 4.78 is 0. The van der Waals surface area contributed by atoms with Gasteiger partial charge in [-0.15, -0.1) is 11.8 Å². The van der Waals surface area contributed by atoms with Gasteiger partial charge in [-0.2, -0.15) is 0 Å². The van der Waals surface area contributed by atoms with Gasteiger partial charge in [-0.3, -0.25) is 9.59 Å². The lowest BCUT2D eigenvalue weighted by Crippen LogP contribution is -2.45. The second-order valence-electron chi connectivity index (χ2n) is 4.31. The zero-order valence-electron chi connectivity index (χ0n) is 11.6. The summed E-state index contributed by atoms with van der Waals surface area (Å²) in [5.41, 5.74) is 1.08. The van der Waals surface area contributed by atoms with Crippen molar-refractivity contribution >= 4 is 35.2 Å². The van der Waals surface area contributed by atoms with Crippen molar-refractivity contribution in [3.8, 4) is 0 Å². The Bertz CT molecular complexity index is 468. The fourth-order valence-electron chi connectivity index (χ4n) is 1.56. The quantitative estimate of drug-likeness (QED) is 0.811. The van der Waals surface area contributed by atoms with Gasteiger partial charge in [0.25, 0.3) is 0 Å². The second kappa shape index (κ2) is 8.87. The Labute approximate surface area is 128 Å². The molecule has 1 aromatic carbocycles. The molecule has 4 nitrogen and oxygen atoms in total. The monoisotopic (exact) mass is 314 g/mol. The van der Waals surface area contributed by atoms with E-state index < -0.39 is 6.04 Å². The van der Waals surface area contributed by atoms with Crippen LogP contribution in [0.3, 0.4) is 0 Å². The van der Waals surface area contributed by atoms with Crippen LogP contribution in [0.25, 0.3) is 0 Å². The summed E-state index contributed by atoms with van der Waals surface area (Å²) in [7, 11) is 0. The van der Waals surface area contributed by atoms with E-state index in [0.29, 0.717) is 23.1 Å². The maximum Gasteiger partial charge on any atom is 0.242 e. The summed E-state index contributed by atoms with van der Waals surface area (Å²) in [4.78, 5) is 23.1. The highest BCUT2D eigenvalue weighted by molar-refractivity contribution is 7.99. The molecule has 0 saturated heterocycles. The summed E-state index contributed by atoms with van der Waals surface area (Å²) >= 11 is 7.37. The second-order valence-corrected chi connectivity index (χ2v) is 5.73. The molecule has 0 unspecified atom stereocenters. The third-order valence-corrected chi connectivity index (χ3v) is 3.75. The van der Waals surface area contributed by atoms with Gasteiger partial charge < -0.3 is 10.6 Å². The van der Waals surface area contributed by atoms with Crippen LogP contribution in [0, 0.1) is 0 Å². The van der Waals surface area contributed by atoms with Gasteiger partial charge in [0, 0.05) is 17.3 Å². The molecule has 0 saturated carbocycles. The first-order valence-corrected chi connectivity index (χ1v) is 7.95. The highest BCUT2D eigenvalue weighted by atomic mass is 35.5. The fraction of sp³-hybridized carbons (Fsp3) is 0.429. The molecular weight excluding hydrogens is 296 g/mol. The standard InChI is InChI=1S/C14H19ClN2O2S/c1-3-16-14(19)10(2)17-13(18)9-20-8-11-5-4-6-12(15)7-11/h4-7,10H,3,8-9H2,1-2H3,(H,16,19)(H,17,18)/t10-/m1/s1. The van der Waals surface area contributed by atoms with Crippen molar-refractivity contribution in [3.63, 3.8) is 0 Å². The Balaban J connectivity index is 2.28. The topological polar surface area (TPSA) is 58.2 Å². The molecule has 0 spiro atoms. The van der Waals surface area contributed by atoms with Crippen molar-refractivity contribution < 1.29 is 9.59 Å². The van der Waals surface area contributed by atoms with Crippen LogP contribution in [0.4, 0.5) is 0 Å². The number of hydrogen-bond acceptors (Lipinski definition) is 3. The first-order chi connectivity index (χ1) is 9.52. The van der Waals surface area contributed by atoms with E-state index in [-0.39, 0.29) is 11.8 Å². The normalized spacial score (nSPS) is 11.8. The Hall–Kier alpha value is -1.20. The maximum atomic E-state index is 11.7. The average molecular weight is 315 g/mol.